The fourth-order valence-corrected chi connectivity index (χ4v) is 2.81. The minimum absolute atomic E-state index is 0.528. The Morgan fingerprint density at radius 2 is 1.44 bits per heavy atom. The number of rotatable bonds is 8. The summed E-state index contributed by atoms with van der Waals surface area (Å²) in [5.41, 5.74) is 2.86. The summed E-state index contributed by atoms with van der Waals surface area (Å²) >= 11 is 3.82. The zero-order valence-corrected chi connectivity index (χ0v) is 13.7. The minimum atomic E-state index is 0.528. The fourth-order valence-electron chi connectivity index (χ4n) is 2.18. The van der Waals surface area contributed by atoms with Gasteiger partial charge in [-0.2, -0.15) is 0 Å². The van der Waals surface area contributed by atoms with Crippen LogP contribution in [0.15, 0.2) is 24.3 Å². The van der Waals surface area contributed by atoms with Gasteiger partial charge in [-0.1, -0.05) is 93.1 Å². The Balaban J connectivity index is 2.34. The first-order valence-corrected chi connectivity index (χ1v) is 8.30. The highest BCUT2D eigenvalue weighted by Gasteiger charge is 2.07. The molecule has 0 saturated heterocycles. The predicted molar refractivity (Wildman–Crippen MR) is 85.6 cm³/mol. The van der Waals surface area contributed by atoms with Gasteiger partial charge < -0.3 is 0 Å². The molecule has 1 aromatic rings. The molecule has 0 fully saturated rings. The van der Waals surface area contributed by atoms with Gasteiger partial charge in [-0.05, 0) is 23.5 Å². The predicted octanol–water partition coefficient (Wildman–Crippen LogP) is 6.61. The van der Waals surface area contributed by atoms with Crippen molar-refractivity contribution in [3.05, 3.63) is 35.4 Å². The summed E-state index contributed by atoms with van der Waals surface area (Å²) in [6.07, 6.45) is 8.07. The second-order valence-electron chi connectivity index (χ2n) is 5.49. The quantitative estimate of drug-likeness (QED) is 0.374. The SMILES string of the molecule is CCCCCCCC(Br)c1ccc(C(C)C)cc1. The molecule has 0 radical (unpaired) electrons. The molecular formula is C17H27Br. The first kappa shape index (κ1) is 15.8. The molecule has 1 rings (SSSR count). The van der Waals surface area contributed by atoms with E-state index in [4.69, 9.17) is 0 Å². The van der Waals surface area contributed by atoms with Crippen LogP contribution >= 0.6 is 15.9 Å². The van der Waals surface area contributed by atoms with E-state index in [1.54, 1.807) is 0 Å². The molecule has 18 heavy (non-hydrogen) atoms. The molecule has 1 heteroatoms. The summed E-state index contributed by atoms with van der Waals surface area (Å²) in [7, 11) is 0. The maximum atomic E-state index is 3.82. The molecule has 0 amide bonds. The molecule has 0 N–H and O–H groups in total. The van der Waals surface area contributed by atoms with E-state index < -0.39 is 0 Å². The molecule has 0 spiro atoms. The number of alkyl halides is 1. The fraction of sp³-hybridized carbons (Fsp3) is 0.647. The van der Waals surface area contributed by atoms with E-state index in [-0.39, 0.29) is 0 Å². The third-order valence-electron chi connectivity index (χ3n) is 3.53. The van der Waals surface area contributed by atoms with Gasteiger partial charge in [0.25, 0.3) is 0 Å². The van der Waals surface area contributed by atoms with Crippen molar-refractivity contribution in [3.63, 3.8) is 0 Å². The normalized spacial score (nSPS) is 12.9. The Morgan fingerprint density at radius 1 is 0.889 bits per heavy atom. The van der Waals surface area contributed by atoms with Gasteiger partial charge in [-0.25, -0.2) is 0 Å². The van der Waals surface area contributed by atoms with Crippen LogP contribution in [0.2, 0.25) is 0 Å². The number of halogens is 1. The van der Waals surface area contributed by atoms with Gasteiger partial charge in [-0.15, -0.1) is 0 Å². The van der Waals surface area contributed by atoms with Crippen LogP contribution < -0.4 is 0 Å². The van der Waals surface area contributed by atoms with Crippen LogP contribution in [0.25, 0.3) is 0 Å². The Morgan fingerprint density at radius 3 is 2.00 bits per heavy atom. The zero-order valence-electron chi connectivity index (χ0n) is 12.1. The smallest absolute Gasteiger partial charge is 0.0395 e. The van der Waals surface area contributed by atoms with Crippen LogP contribution in [-0.2, 0) is 0 Å². The third-order valence-corrected chi connectivity index (χ3v) is 4.51. The first-order chi connectivity index (χ1) is 8.65. The molecule has 0 nitrogen and oxygen atoms in total. The molecule has 0 saturated carbocycles. The van der Waals surface area contributed by atoms with Gasteiger partial charge in [0.2, 0.25) is 0 Å². The van der Waals surface area contributed by atoms with Crippen LogP contribution in [0, 0.1) is 0 Å². The Bertz CT molecular complexity index is 313. The number of hydrogen-bond acceptors (Lipinski definition) is 0. The van der Waals surface area contributed by atoms with Gasteiger partial charge in [0.05, 0.1) is 0 Å². The molecule has 1 unspecified atom stereocenters. The average molecular weight is 311 g/mol. The Labute approximate surface area is 121 Å². The van der Waals surface area contributed by atoms with Crippen LogP contribution in [0.1, 0.15) is 81.2 Å². The highest BCUT2D eigenvalue weighted by molar-refractivity contribution is 9.09. The summed E-state index contributed by atoms with van der Waals surface area (Å²) in [5, 5.41) is 0. The van der Waals surface area contributed by atoms with Crippen LogP contribution in [-0.4, -0.2) is 0 Å². The second kappa shape index (κ2) is 8.74. The van der Waals surface area contributed by atoms with Crippen LogP contribution in [0.3, 0.4) is 0 Å². The van der Waals surface area contributed by atoms with Gasteiger partial charge >= 0.3 is 0 Å². The number of unbranched alkanes of at least 4 members (excludes halogenated alkanes) is 4. The largest absolute Gasteiger partial charge is 0.0839 e. The number of benzene rings is 1. The summed E-state index contributed by atoms with van der Waals surface area (Å²) in [4.78, 5) is 0.528. The molecule has 0 aliphatic carbocycles. The average Bonchev–Trinajstić information content (AvgIpc) is 2.38. The van der Waals surface area contributed by atoms with Gasteiger partial charge in [-0.3, -0.25) is 0 Å². The molecular weight excluding hydrogens is 284 g/mol. The lowest BCUT2D eigenvalue weighted by Gasteiger charge is -2.12. The van der Waals surface area contributed by atoms with Gasteiger partial charge in [0.15, 0.2) is 0 Å². The van der Waals surface area contributed by atoms with E-state index in [1.807, 2.05) is 0 Å². The molecule has 1 atom stereocenters. The lowest BCUT2D eigenvalue weighted by atomic mass is 9.99. The molecule has 0 heterocycles. The molecule has 102 valence electrons. The van der Waals surface area contributed by atoms with Crippen molar-refractivity contribution in [1.82, 2.24) is 0 Å². The van der Waals surface area contributed by atoms with Gasteiger partial charge in [0, 0.05) is 4.83 Å². The van der Waals surface area contributed by atoms with Gasteiger partial charge in [0.1, 0.15) is 0 Å². The van der Waals surface area contributed by atoms with Crippen molar-refractivity contribution in [3.8, 4) is 0 Å². The summed E-state index contributed by atoms with van der Waals surface area (Å²) in [6.45, 7) is 6.76. The lowest BCUT2D eigenvalue weighted by molar-refractivity contribution is 0.606. The first-order valence-electron chi connectivity index (χ1n) is 7.39. The van der Waals surface area contributed by atoms with Crippen molar-refractivity contribution in [1.29, 1.82) is 0 Å². The van der Waals surface area contributed by atoms with Crippen molar-refractivity contribution in [2.75, 3.05) is 0 Å². The topological polar surface area (TPSA) is 0 Å². The van der Waals surface area contributed by atoms with E-state index in [0.717, 1.165) is 0 Å². The highest BCUT2D eigenvalue weighted by atomic mass is 79.9. The van der Waals surface area contributed by atoms with Crippen molar-refractivity contribution < 1.29 is 0 Å². The third kappa shape index (κ3) is 5.56. The van der Waals surface area contributed by atoms with Crippen LogP contribution in [0.5, 0.6) is 0 Å². The van der Waals surface area contributed by atoms with E-state index in [0.29, 0.717) is 10.7 Å². The monoisotopic (exact) mass is 310 g/mol. The summed E-state index contributed by atoms with van der Waals surface area (Å²) in [6, 6.07) is 9.10. The van der Waals surface area contributed by atoms with E-state index >= 15 is 0 Å². The standard InChI is InChI=1S/C17H27Br/c1-4-5-6-7-8-9-17(18)16-12-10-15(11-13-16)14(2)3/h10-14,17H,4-9H2,1-3H3. The maximum absolute atomic E-state index is 3.82. The Hall–Kier alpha value is -0.300. The van der Waals surface area contributed by atoms with Crippen molar-refractivity contribution in [2.45, 2.75) is 70.0 Å². The number of hydrogen-bond donors (Lipinski definition) is 0. The van der Waals surface area contributed by atoms with E-state index in [2.05, 4.69) is 61.0 Å². The molecule has 0 aliphatic rings. The highest BCUT2D eigenvalue weighted by Crippen LogP contribution is 2.29. The maximum Gasteiger partial charge on any atom is 0.0395 e. The molecule has 0 aromatic heterocycles. The van der Waals surface area contributed by atoms with E-state index in [1.165, 1.54) is 49.7 Å². The molecule has 0 aliphatic heterocycles. The molecule has 0 bridgehead atoms. The second-order valence-corrected chi connectivity index (χ2v) is 6.60. The van der Waals surface area contributed by atoms with Crippen molar-refractivity contribution >= 4 is 15.9 Å². The van der Waals surface area contributed by atoms with Crippen molar-refractivity contribution in [2.24, 2.45) is 0 Å². The van der Waals surface area contributed by atoms with E-state index in [9.17, 15) is 0 Å². The summed E-state index contributed by atoms with van der Waals surface area (Å²) in [5.74, 6) is 0.627. The zero-order chi connectivity index (χ0) is 13.4. The van der Waals surface area contributed by atoms with Crippen LogP contribution in [0.4, 0.5) is 0 Å². The lowest BCUT2D eigenvalue weighted by Crippen LogP contribution is -1.93. The molecule has 1 aromatic carbocycles. The summed E-state index contributed by atoms with van der Waals surface area (Å²) < 4.78 is 0. The minimum Gasteiger partial charge on any atom is -0.0839 e. The Kier molecular flexibility index (Phi) is 7.65.